The molecule has 5 heteroatoms. The van der Waals surface area contributed by atoms with Gasteiger partial charge < -0.3 is 5.32 Å². The van der Waals surface area contributed by atoms with Crippen molar-refractivity contribution >= 4 is 5.82 Å². The summed E-state index contributed by atoms with van der Waals surface area (Å²) in [7, 11) is 0. The largest absolute Gasteiger partial charge is 0.370 e. The summed E-state index contributed by atoms with van der Waals surface area (Å²) in [4.78, 5) is 17.0. The smallest absolute Gasteiger partial charge is 0.133 e. The Morgan fingerprint density at radius 2 is 2.00 bits per heavy atom. The molecule has 0 fully saturated rings. The van der Waals surface area contributed by atoms with Crippen LogP contribution in [0.25, 0.3) is 11.4 Å². The van der Waals surface area contributed by atoms with Gasteiger partial charge >= 0.3 is 0 Å². The molecule has 0 bridgehead atoms. The van der Waals surface area contributed by atoms with E-state index in [1.54, 1.807) is 24.9 Å². The van der Waals surface area contributed by atoms with E-state index in [1.807, 2.05) is 0 Å². The van der Waals surface area contributed by atoms with E-state index in [1.165, 1.54) is 0 Å². The second-order valence-electron chi connectivity index (χ2n) is 3.92. The molecule has 0 aliphatic heterocycles. The van der Waals surface area contributed by atoms with Crippen LogP contribution in [0.1, 0.15) is 25.8 Å². The minimum atomic E-state index is 0.788. The number of nitrogens with one attached hydrogen (secondary N) is 1. The van der Waals surface area contributed by atoms with E-state index >= 15 is 0 Å². The Balaban J connectivity index is 2.41. The molecule has 94 valence electrons. The molecule has 0 saturated carbocycles. The predicted molar refractivity (Wildman–Crippen MR) is 71.2 cm³/mol. The highest BCUT2D eigenvalue weighted by molar-refractivity contribution is 5.64. The van der Waals surface area contributed by atoms with Gasteiger partial charge in [-0.15, -0.1) is 0 Å². The predicted octanol–water partition coefficient (Wildman–Crippen LogP) is 2.32. The molecule has 0 unspecified atom stereocenters. The Hall–Kier alpha value is -2.04. The molecule has 5 nitrogen and oxygen atoms in total. The molecule has 2 aromatic rings. The number of nitrogens with zero attached hydrogens (tertiary/aromatic N) is 4. The third-order valence-electron chi connectivity index (χ3n) is 2.65. The first-order valence-corrected chi connectivity index (χ1v) is 6.21. The van der Waals surface area contributed by atoms with E-state index < -0.39 is 0 Å². The van der Waals surface area contributed by atoms with Gasteiger partial charge in [0.1, 0.15) is 17.8 Å². The van der Waals surface area contributed by atoms with Crippen LogP contribution in [0.2, 0.25) is 0 Å². The molecule has 0 atom stereocenters. The SMILES string of the molecule is CCCNc1ncnc(-c2cnccn2)c1CC. The first kappa shape index (κ1) is 12.4. The van der Waals surface area contributed by atoms with E-state index in [0.717, 1.165) is 42.2 Å². The highest BCUT2D eigenvalue weighted by Crippen LogP contribution is 2.23. The third-order valence-corrected chi connectivity index (χ3v) is 2.65. The van der Waals surface area contributed by atoms with Crippen molar-refractivity contribution in [3.05, 3.63) is 30.5 Å². The lowest BCUT2D eigenvalue weighted by molar-refractivity contribution is 0.948. The first-order chi connectivity index (χ1) is 8.86. The van der Waals surface area contributed by atoms with Crippen molar-refractivity contribution in [2.24, 2.45) is 0 Å². The van der Waals surface area contributed by atoms with Crippen LogP contribution < -0.4 is 5.32 Å². The lowest BCUT2D eigenvalue weighted by atomic mass is 10.1. The van der Waals surface area contributed by atoms with E-state index in [9.17, 15) is 0 Å². The summed E-state index contributed by atoms with van der Waals surface area (Å²) in [6.45, 7) is 5.13. The fraction of sp³-hybridized carbons (Fsp3) is 0.385. The molecule has 2 aromatic heterocycles. The Labute approximate surface area is 107 Å². The summed E-state index contributed by atoms with van der Waals surface area (Å²) in [5.74, 6) is 0.898. The maximum atomic E-state index is 4.33. The second-order valence-corrected chi connectivity index (χ2v) is 3.92. The van der Waals surface area contributed by atoms with Crippen LogP contribution in [0.5, 0.6) is 0 Å². The van der Waals surface area contributed by atoms with Gasteiger partial charge in [0.15, 0.2) is 0 Å². The maximum absolute atomic E-state index is 4.33. The van der Waals surface area contributed by atoms with Crippen LogP contribution in [-0.4, -0.2) is 26.5 Å². The quantitative estimate of drug-likeness (QED) is 0.873. The van der Waals surface area contributed by atoms with Crippen molar-refractivity contribution in [1.29, 1.82) is 0 Å². The summed E-state index contributed by atoms with van der Waals surface area (Å²) in [5.41, 5.74) is 2.74. The van der Waals surface area contributed by atoms with Crippen molar-refractivity contribution in [3.8, 4) is 11.4 Å². The van der Waals surface area contributed by atoms with E-state index in [4.69, 9.17) is 0 Å². The molecule has 2 rings (SSSR count). The molecule has 2 heterocycles. The Bertz CT molecular complexity index is 498. The van der Waals surface area contributed by atoms with Gasteiger partial charge in [-0.05, 0) is 12.8 Å². The Morgan fingerprint density at radius 1 is 1.11 bits per heavy atom. The summed E-state index contributed by atoms with van der Waals surface area (Å²) in [6, 6.07) is 0. The van der Waals surface area contributed by atoms with Gasteiger partial charge in [0.2, 0.25) is 0 Å². The van der Waals surface area contributed by atoms with Gasteiger partial charge in [0.25, 0.3) is 0 Å². The number of hydrogen-bond acceptors (Lipinski definition) is 5. The van der Waals surface area contributed by atoms with Gasteiger partial charge in [-0.1, -0.05) is 13.8 Å². The lowest BCUT2D eigenvalue weighted by Crippen LogP contribution is -2.07. The number of hydrogen-bond donors (Lipinski definition) is 1. The van der Waals surface area contributed by atoms with Crippen LogP contribution >= 0.6 is 0 Å². The van der Waals surface area contributed by atoms with Crippen molar-refractivity contribution in [2.75, 3.05) is 11.9 Å². The fourth-order valence-electron chi connectivity index (χ4n) is 1.79. The van der Waals surface area contributed by atoms with Crippen molar-refractivity contribution in [2.45, 2.75) is 26.7 Å². The highest BCUT2D eigenvalue weighted by Gasteiger charge is 2.12. The minimum absolute atomic E-state index is 0.788. The van der Waals surface area contributed by atoms with E-state index in [2.05, 4.69) is 39.1 Å². The Kier molecular flexibility index (Phi) is 4.17. The van der Waals surface area contributed by atoms with Crippen LogP contribution in [-0.2, 0) is 6.42 Å². The second kappa shape index (κ2) is 6.05. The van der Waals surface area contributed by atoms with Gasteiger partial charge in [-0.25, -0.2) is 9.97 Å². The van der Waals surface area contributed by atoms with Gasteiger partial charge in [0.05, 0.1) is 11.9 Å². The summed E-state index contributed by atoms with van der Waals surface area (Å²) < 4.78 is 0. The van der Waals surface area contributed by atoms with E-state index in [-0.39, 0.29) is 0 Å². The fourth-order valence-corrected chi connectivity index (χ4v) is 1.79. The van der Waals surface area contributed by atoms with Gasteiger partial charge in [-0.2, -0.15) is 0 Å². The van der Waals surface area contributed by atoms with Crippen LogP contribution in [0, 0.1) is 0 Å². The molecule has 0 aliphatic carbocycles. The molecule has 18 heavy (non-hydrogen) atoms. The molecular formula is C13H17N5. The molecule has 0 amide bonds. The average molecular weight is 243 g/mol. The minimum Gasteiger partial charge on any atom is -0.370 e. The van der Waals surface area contributed by atoms with Crippen molar-refractivity contribution < 1.29 is 0 Å². The summed E-state index contributed by atoms with van der Waals surface area (Å²) in [5, 5.41) is 3.32. The van der Waals surface area contributed by atoms with Crippen LogP contribution in [0.4, 0.5) is 5.82 Å². The average Bonchev–Trinajstić information content (AvgIpc) is 2.45. The van der Waals surface area contributed by atoms with Crippen molar-refractivity contribution in [1.82, 2.24) is 19.9 Å². The third kappa shape index (κ3) is 2.61. The number of rotatable bonds is 5. The maximum Gasteiger partial charge on any atom is 0.133 e. The van der Waals surface area contributed by atoms with Crippen LogP contribution in [0.3, 0.4) is 0 Å². The molecule has 0 spiro atoms. The monoisotopic (exact) mass is 243 g/mol. The Morgan fingerprint density at radius 3 is 2.67 bits per heavy atom. The standard InChI is InChI=1S/C13H17N5/c1-3-5-16-13-10(4-2)12(17-9-18-13)11-8-14-6-7-15-11/h6-9H,3-5H2,1-2H3,(H,16,17,18). The normalized spacial score (nSPS) is 10.3. The molecular weight excluding hydrogens is 226 g/mol. The molecule has 0 aliphatic rings. The van der Waals surface area contributed by atoms with Crippen LogP contribution in [0.15, 0.2) is 24.9 Å². The van der Waals surface area contributed by atoms with Gasteiger partial charge in [-0.3, -0.25) is 9.97 Å². The molecule has 1 N–H and O–H groups in total. The van der Waals surface area contributed by atoms with Gasteiger partial charge in [0, 0.05) is 24.5 Å². The first-order valence-electron chi connectivity index (χ1n) is 6.21. The summed E-state index contributed by atoms with van der Waals surface area (Å²) >= 11 is 0. The lowest BCUT2D eigenvalue weighted by Gasteiger charge is -2.12. The number of anilines is 1. The zero-order valence-electron chi connectivity index (χ0n) is 10.7. The van der Waals surface area contributed by atoms with Crippen molar-refractivity contribution in [3.63, 3.8) is 0 Å². The zero-order chi connectivity index (χ0) is 12.8. The molecule has 0 radical (unpaired) electrons. The zero-order valence-corrected chi connectivity index (χ0v) is 10.7. The number of aromatic nitrogens is 4. The topological polar surface area (TPSA) is 63.6 Å². The van der Waals surface area contributed by atoms with E-state index in [0.29, 0.717) is 0 Å². The molecule has 0 saturated heterocycles. The highest BCUT2D eigenvalue weighted by atomic mass is 15.0. The molecule has 0 aromatic carbocycles. The summed E-state index contributed by atoms with van der Waals surface area (Å²) in [6.07, 6.45) is 8.56.